The number of amides is 2. The maximum Gasteiger partial charge on any atom is 0.410 e. The number of nitrogens with one attached hydrogen (secondary N) is 3. The van der Waals surface area contributed by atoms with E-state index in [0.29, 0.717) is 37.5 Å². The monoisotopic (exact) mass is 563 g/mol. The second-order valence-electron chi connectivity index (χ2n) is 9.98. The summed E-state index contributed by atoms with van der Waals surface area (Å²) >= 11 is 0. The van der Waals surface area contributed by atoms with Crippen LogP contribution in [-0.2, 0) is 9.53 Å². The number of amidine groups is 1. The molecule has 2 rings (SSSR count). The van der Waals surface area contributed by atoms with Crippen molar-refractivity contribution in [2.75, 3.05) is 38.7 Å². The van der Waals surface area contributed by atoms with E-state index in [2.05, 4.69) is 61.7 Å². The molecule has 0 saturated heterocycles. The first-order chi connectivity index (χ1) is 19.6. The van der Waals surface area contributed by atoms with Crippen LogP contribution in [0, 0.1) is 11.8 Å². The zero-order chi connectivity index (χ0) is 30.1. The Balaban J connectivity index is 1.87. The maximum atomic E-state index is 12.2. The van der Waals surface area contributed by atoms with Gasteiger partial charge in [-0.05, 0) is 64.6 Å². The van der Waals surface area contributed by atoms with Gasteiger partial charge in [0.05, 0.1) is 23.7 Å². The average Bonchev–Trinajstić information content (AvgIpc) is 3.46. The molecular formula is C29H41N9O3. The standard InChI is InChI=1S/C29H41N9O3/c1-7-16-32-27(34-22-33-24-12-14-25(15-13-24)38-19-18-35-36-38)23(20-30-5)11-9-8-10-17-31-26(39)21-37(6)28(40)41-29(2,3)4/h12-15,18-20,33H,5,7-8,10,16-17,21-22H2,1-4,6H3,(H,31,39)(H,32,34)/b23-20-. The summed E-state index contributed by atoms with van der Waals surface area (Å²) in [6.45, 7) is 12.4. The van der Waals surface area contributed by atoms with Gasteiger partial charge in [-0.1, -0.05) is 24.0 Å². The zero-order valence-electron chi connectivity index (χ0n) is 24.6. The topological polar surface area (TPSA) is 138 Å². The summed E-state index contributed by atoms with van der Waals surface area (Å²) < 4.78 is 6.94. The molecule has 0 fully saturated rings. The number of rotatable bonds is 13. The first kappa shape index (κ1) is 32.6. The van der Waals surface area contributed by atoms with Crippen LogP contribution in [0.5, 0.6) is 0 Å². The Morgan fingerprint density at radius 1 is 1.20 bits per heavy atom. The van der Waals surface area contributed by atoms with Crippen LogP contribution in [0.15, 0.2) is 58.4 Å². The highest BCUT2D eigenvalue weighted by molar-refractivity contribution is 6.02. The van der Waals surface area contributed by atoms with Gasteiger partial charge in [0.15, 0.2) is 0 Å². The third kappa shape index (κ3) is 12.8. The second kappa shape index (κ2) is 17.1. The highest BCUT2D eigenvalue weighted by Crippen LogP contribution is 2.12. The molecule has 12 heteroatoms. The molecule has 0 saturated carbocycles. The number of aromatic nitrogens is 3. The van der Waals surface area contributed by atoms with Gasteiger partial charge >= 0.3 is 6.09 Å². The van der Waals surface area contributed by atoms with Crippen LogP contribution in [0.2, 0.25) is 0 Å². The molecule has 3 N–H and O–H groups in total. The SMILES string of the molecule is C=N/C=C(C#CCCCNC(=O)CN(C)C(=O)OC(C)(C)C)\C(=N/CNc1ccc(-n2ccnn2)cc1)NCCC. The van der Waals surface area contributed by atoms with Crippen LogP contribution in [0.3, 0.4) is 0 Å². The molecule has 2 aromatic rings. The third-order valence-corrected chi connectivity index (χ3v) is 5.20. The minimum atomic E-state index is -0.617. The van der Waals surface area contributed by atoms with Crippen LogP contribution in [0.4, 0.5) is 10.5 Å². The molecule has 41 heavy (non-hydrogen) atoms. The van der Waals surface area contributed by atoms with Gasteiger partial charge in [-0.2, -0.15) is 0 Å². The molecule has 0 aliphatic heterocycles. The van der Waals surface area contributed by atoms with E-state index >= 15 is 0 Å². The lowest BCUT2D eigenvalue weighted by molar-refractivity contribution is -0.122. The lowest BCUT2D eigenvalue weighted by atomic mass is 10.2. The number of nitrogens with zero attached hydrogens (tertiary/aromatic N) is 6. The van der Waals surface area contributed by atoms with Crippen LogP contribution in [0.1, 0.15) is 47.0 Å². The van der Waals surface area contributed by atoms with Crippen molar-refractivity contribution < 1.29 is 14.3 Å². The molecule has 0 unspecified atom stereocenters. The molecular weight excluding hydrogens is 522 g/mol. The van der Waals surface area contributed by atoms with Gasteiger partial charge in [0, 0.05) is 38.4 Å². The lowest BCUT2D eigenvalue weighted by Crippen LogP contribution is -2.41. The number of benzene rings is 1. The number of hydrogen-bond acceptors (Lipinski definition) is 8. The maximum absolute atomic E-state index is 12.2. The van der Waals surface area contributed by atoms with Gasteiger partial charge in [-0.25, -0.2) is 14.5 Å². The average molecular weight is 564 g/mol. The van der Waals surface area contributed by atoms with Gasteiger partial charge in [0.1, 0.15) is 24.7 Å². The molecule has 0 radical (unpaired) electrons. The Kier molecular flexibility index (Phi) is 13.6. The smallest absolute Gasteiger partial charge is 0.410 e. The van der Waals surface area contributed by atoms with Crippen molar-refractivity contribution in [2.24, 2.45) is 9.98 Å². The number of anilines is 1. The van der Waals surface area contributed by atoms with E-state index in [-0.39, 0.29) is 12.5 Å². The summed E-state index contributed by atoms with van der Waals surface area (Å²) in [6.07, 6.45) is 6.56. The van der Waals surface area contributed by atoms with E-state index in [1.54, 1.807) is 44.0 Å². The number of carbonyl (C=O) groups excluding carboxylic acids is 2. The number of likely N-dealkylation sites (N-methyl/N-ethyl adjacent to an activating group) is 1. The summed E-state index contributed by atoms with van der Waals surface area (Å²) in [5.74, 6) is 6.59. The van der Waals surface area contributed by atoms with Gasteiger partial charge in [-0.3, -0.25) is 9.79 Å². The quantitative estimate of drug-likeness (QED) is 0.147. The number of hydrogen-bond donors (Lipinski definition) is 3. The molecule has 1 aromatic heterocycles. The van der Waals surface area contributed by atoms with Crippen molar-refractivity contribution in [1.29, 1.82) is 0 Å². The fourth-order valence-corrected chi connectivity index (χ4v) is 3.25. The first-order valence-electron chi connectivity index (χ1n) is 13.5. The first-order valence-corrected chi connectivity index (χ1v) is 13.5. The predicted molar refractivity (Wildman–Crippen MR) is 162 cm³/mol. The van der Waals surface area contributed by atoms with Gasteiger partial charge in [0.25, 0.3) is 0 Å². The molecule has 12 nitrogen and oxygen atoms in total. The molecule has 0 spiro atoms. The highest BCUT2D eigenvalue weighted by Gasteiger charge is 2.20. The van der Waals surface area contributed by atoms with Gasteiger partial charge < -0.3 is 25.6 Å². The van der Waals surface area contributed by atoms with E-state index in [1.807, 2.05) is 24.3 Å². The van der Waals surface area contributed by atoms with Crippen molar-refractivity contribution in [1.82, 2.24) is 30.5 Å². The van der Waals surface area contributed by atoms with E-state index in [0.717, 1.165) is 24.3 Å². The molecule has 0 aliphatic rings. The van der Waals surface area contributed by atoms with Crippen LogP contribution in [0.25, 0.3) is 5.69 Å². The largest absolute Gasteiger partial charge is 0.444 e. The van der Waals surface area contributed by atoms with Gasteiger partial charge in [0.2, 0.25) is 5.91 Å². The fraction of sp³-hybridized carbons (Fsp3) is 0.448. The van der Waals surface area contributed by atoms with E-state index < -0.39 is 11.7 Å². The van der Waals surface area contributed by atoms with Crippen molar-refractivity contribution in [3.63, 3.8) is 0 Å². The molecule has 0 aliphatic carbocycles. The molecule has 0 bridgehead atoms. The molecule has 1 aromatic carbocycles. The highest BCUT2D eigenvalue weighted by atomic mass is 16.6. The summed E-state index contributed by atoms with van der Waals surface area (Å²) in [5, 5.41) is 17.2. The number of carbonyl (C=O) groups is 2. The predicted octanol–water partition coefficient (Wildman–Crippen LogP) is 3.39. The molecule has 1 heterocycles. The third-order valence-electron chi connectivity index (χ3n) is 5.20. The second-order valence-corrected chi connectivity index (χ2v) is 9.98. The Hall–Kier alpha value is -4.66. The number of aliphatic imine (C=N–C) groups is 2. The van der Waals surface area contributed by atoms with Crippen molar-refractivity contribution in [3.05, 3.63) is 48.4 Å². The van der Waals surface area contributed by atoms with E-state index in [9.17, 15) is 9.59 Å². The molecule has 2 amide bonds. The summed E-state index contributed by atoms with van der Waals surface area (Å²) in [7, 11) is 1.53. The van der Waals surface area contributed by atoms with E-state index in [4.69, 9.17) is 4.74 Å². The number of unbranched alkanes of at least 4 members (excludes halogenated alkanes) is 1. The normalized spacial score (nSPS) is 11.6. The Bertz CT molecular complexity index is 1240. The van der Waals surface area contributed by atoms with Crippen LogP contribution >= 0.6 is 0 Å². The zero-order valence-corrected chi connectivity index (χ0v) is 24.6. The van der Waals surface area contributed by atoms with Crippen molar-refractivity contribution >= 4 is 30.2 Å². The fourth-order valence-electron chi connectivity index (χ4n) is 3.25. The summed E-state index contributed by atoms with van der Waals surface area (Å²) in [5.41, 5.74) is 1.82. The van der Waals surface area contributed by atoms with Crippen molar-refractivity contribution in [2.45, 2.75) is 52.6 Å². The molecule has 220 valence electrons. The lowest BCUT2D eigenvalue weighted by Gasteiger charge is -2.24. The van der Waals surface area contributed by atoms with Crippen LogP contribution in [-0.4, -0.2) is 83.4 Å². The minimum Gasteiger partial charge on any atom is -0.444 e. The van der Waals surface area contributed by atoms with Crippen LogP contribution < -0.4 is 16.0 Å². The minimum absolute atomic E-state index is 0.0819. The van der Waals surface area contributed by atoms with Crippen molar-refractivity contribution in [3.8, 4) is 17.5 Å². The number of ether oxygens (including phenoxy) is 1. The summed E-state index contributed by atoms with van der Waals surface area (Å²) in [4.78, 5) is 34.0. The Morgan fingerprint density at radius 3 is 2.59 bits per heavy atom. The molecule has 0 atom stereocenters. The summed E-state index contributed by atoms with van der Waals surface area (Å²) in [6, 6.07) is 7.78. The Morgan fingerprint density at radius 2 is 1.95 bits per heavy atom. The Labute approximate surface area is 242 Å². The van der Waals surface area contributed by atoms with Gasteiger partial charge in [-0.15, -0.1) is 5.10 Å². The van der Waals surface area contributed by atoms with E-state index in [1.165, 1.54) is 11.9 Å².